The molecule has 1 saturated heterocycles. The number of hydrogen-bond acceptors (Lipinski definition) is 3. The second-order valence-corrected chi connectivity index (χ2v) is 8.56. The van der Waals surface area contributed by atoms with Crippen LogP contribution in [0.3, 0.4) is 0 Å². The van der Waals surface area contributed by atoms with Gasteiger partial charge in [0.1, 0.15) is 5.82 Å². The summed E-state index contributed by atoms with van der Waals surface area (Å²) in [5, 5.41) is 2.71. The molecule has 1 N–H and O–H groups in total. The van der Waals surface area contributed by atoms with Crippen LogP contribution in [-0.2, 0) is 21.2 Å². The fourth-order valence-corrected chi connectivity index (χ4v) is 5.01. The number of nitrogens with zero attached hydrogens (tertiary/aromatic N) is 1. The van der Waals surface area contributed by atoms with Crippen LogP contribution in [0.15, 0.2) is 53.4 Å². The molecule has 1 fully saturated rings. The van der Waals surface area contributed by atoms with E-state index in [2.05, 4.69) is 5.32 Å². The maximum absolute atomic E-state index is 13.1. The lowest BCUT2D eigenvalue weighted by molar-refractivity contribution is -0.115. The molecule has 0 bridgehead atoms. The minimum absolute atomic E-state index is 0.121. The Balaban J connectivity index is 1.76. The zero-order valence-corrected chi connectivity index (χ0v) is 16.0. The minimum Gasteiger partial charge on any atom is -0.326 e. The number of carbonyl (C=O) groups is 1. The Morgan fingerprint density at radius 2 is 1.81 bits per heavy atom. The van der Waals surface area contributed by atoms with E-state index in [9.17, 15) is 17.6 Å². The van der Waals surface area contributed by atoms with E-state index >= 15 is 0 Å². The molecule has 1 unspecified atom stereocenters. The Morgan fingerprint density at radius 3 is 2.44 bits per heavy atom. The molecule has 0 aliphatic carbocycles. The summed E-state index contributed by atoms with van der Waals surface area (Å²) in [7, 11) is -3.62. The van der Waals surface area contributed by atoms with Gasteiger partial charge in [-0.2, -0.15) is 4.31 Å². The van der Waals surface area contributed by atoms with Crippen molar-refractivity contribution in [1.29, 1.82) is 0 Å². The third-order valence-corrected chi connectivity index (χ3v) is 6.74. The van der Waals surface area contributed by atoms with Gasteiger partial charge in [0.25, 0.3) is 0 Å². The molecule has 5 nitrogen and oxygen atoms in total. The van der Waals surface area contributed by atoms with Gasteiger partial charge >= 0.3 is 0 Å². The largest absolute Gasteiger partial charge is 0.326 e. The summed E-state index contributed by atoms with van der Waals surface area (Å²) in [4.78, 5) is 11.7. The topological polar surface area (TPSA) is 66.5 Å². The average molecular weight is 390 g/mol. The monoisotopic (exact) mass is 390 g/mol. The predicted octanol–water partition coefficient (Wildman–Crippen LogP) is 3.57. The molecular formula is C20H23FN2O3S. The summed E-state index contributed by atoms with van der Waals surface area (Å²) in [5.74, 6) is -0.422. The highest BCUT2D eigenvalue weighted by atomic mass is 32.2. The first-order chi connectivity index (χ1) is 12.9. The number of benzene rings is 2. The van der Waals surface area contributed by atoms with Gasteiger partial charge in [-0.3, -0.25) is 4.79 Å². The van der Waals surface area contributed by atoms with Crippen LogP contribution in [-0.4, -0.2) is 31.2 Å². The smallest absolute Gasteiger partial charge is 0.243 e. The first-order valence-electron chi connectivity index (χ1n) is 9.06. The molecule has 7 heteroatoms. The highest BCUT2D eigenvalue weighted by Gasteiger charge is 2.35. The van der Waals surface area contributed by atoms with Crippen molar-refractivity contribution in [2.45, 2.75) is 43.5 Å². The maximum Gasteiger partial charge on any atom is 0.243 e. The lowest BCUT2D eigenvalue weighted by Crippen LogP contribution is -2.36. The Hall–Kier alpha value is -2.25. The molecule has 0 saturated carbocycles. The van der Waals surface area contributed by atoms with Gasteiger partial charge < -0.3 is 5.32 Å². The van der Waals surface area contributed by atoms with Crippen LogP contribution in [0.25, 0.3) is 0 Å². The fourth-order valence-electron chi connectivity index (χ4n) is 3.32. The summed E-state index contributed by atoms with van der Waals surface area (Å²) in [6, 6.07) is 12.3. The summed E-state index contributed by atoms with van der Waals surface area (Å²) < 4.78 is 40.7. The van der Waals surface area contributed by atoms with Crippen molar-refractivity contribution < 1.29 is 17.6 Å². The summed E-state index contributed by atoms with van der Waals surface area (Å²) in [6.07, 6.45) is 2.50. The fraction of sp³-hybridized carbons (Fsp3) is 0.350. The first kappa shape index (κ1) is 19.5. The third kappa shape index (κ3) is 4.54. The standard InChI is InChI=1S/C20H23FN2O3S/c1-2-20(24)22-17-9-11-19(12-10-17)27(25,26)23-13-3-4-18(23)14-15-5-7-16(21)8-6-15/h5-12,18H,2-4,13-14H2,1H3,(H,22,24). The van der Waals surface area contributed by atoms with E-state index in [1.54, 1.807) is 31.2 Å². The predicted molar refractivity (Wildman–Crippen MR) is 102 cm³/mol. The van der Waals surface area contributed by atoms with Crippen LogP contribution in [0.4, 0.5) is 10.1 Å². The van der Waals surface area contributed by atoms with Gasteiger partial charge in [0.05, 0.1) is 4.90 Å². The second kappa shape index (κ2) is 8.19. The van der Waals surface area contributed by atoms with Crippen molar-refractivity contribution in [2.75, 3.05) is 11.9 Å². The molecule has 1 heterocycles. The molecule has 1 aliphatic rings. The quantitative estimate of drug-likeness (QED) is 0.820. The highest BCUT2D eigenvalue weighted by molar-refractivity contribution is 7.89. The first-order valence-corrected chi connectivity index (χ1v) is 10.5. The van der Waals surface area contributed by atoms with Crippen LogP contribution in [0, 0.1) is 5.82 Å². The second-order valence-electron chi connectivity index (χ2n) is 6.67. The van der Waals surface area contributed by atoms with E-state index in [4.69, 9.17) is 0 Å². The lowest BCUT2D eigenvalue weighted by atomic mass is 10.0. The molecule has 144 valence electrons. The van der Waals surface area contributed by atoms with Gasteiger partial charge in [-0.15, -0.1) is 0 Å². The number of carbonyl (C=O) groups excluding carboxylic acids is 1. The van der Waals surface area contributed by atoms with Crippen LogP contribution < -0.4 is 5.32 Å². The van der Waals surface area contributed by atoms with Gasteiger partial charge in [-0.25, -0.2) is 12.8 Å². The van der Waals surface area contributed by atoms with Crippen molar-refractivity contribution in [3.05, 3.63) is 59.9 Å². The highest BCUT2D eigenvalue weighted by Crippen LogP contribution is 2.29. The van der Waals surface area contributed by atoms with Gasteiger partial charge in [0.2, 0.25) is 15.9 Å². The number of anilines is 1. The average Bonchev–Trinajstić information content (AvgIpc) is 3.13. The molecule has 0 aromatic heterocycles. The Kier molecular flexibility index (Phi) is 5.92. The zero-order valence-electron chi connectivity index (χ0n) is 15.2. The Morgan fingerprint density at radius 1 is 1.15 bits per heavy atom. The van der Waals surface area contributed by atoms with Crippen molar-refractivity contribution >= 4 is 21.6 Å². The van der Waals surface area contributed by atoms with Crippen molar-refractivity contribution in [1.82, 2.24) is 4.31 Å². The van der Waals surface area contributed by atoms with Crippen molar-refractivity contribution in [2.24, 2.45) is 0 Å². The van der Waals surface area contributed by atoms with E-state index in [-0.39, 0.29) is 22.7 Å². The van der Waals surface area contributed by atoms with E-state index in [0.717, 1.165) is 18.4 Å². The minimum atomic E-state index is -3.62. The normalized spacial score (nSPS) is 17.8. The number of amides is 1. The SMILES string of the molecule is CCC(=O)Nc1ccc(S(=O)(=O)N2CCCC2Cc2ccc(F)cc2)cc1. The summed E-state index contributed by atoms with van der Waals surface area (Å²) in [6.45, 7) is 2.23. The summed E-state index contributed by atoms with van der Waals surface area (Å²) >= 11 is 0. The van der Waals surface area contributed by atoms with Crippen LogP contribution in [0.2, 0.25) is 0 Å². The molecule has 1 amide bonds. The van der Waals surface area contributed by atoms with Crippen LogP contribution >= 0.6 is 0 Å². The summed E-state index contributed by atoms with van der Waals surface area (Å²) in [5.41, 5.74) is 1.49. The number of nitrogens with one attached hydrogen (secondary N) is 1. The molecule has 2 aromatic rings. The molecule has 0 spiro atoms. The molecule has 3 rings (SSSR count). The molecule has 27 heavy (non-hydrogen) atoms. The number of rotatable bonds is 6. The molecule has 0 radical (unpaired) electrons. The van der Waals surface area contributed by atoms with E-state index in [0.29, 0.717) is 25.1 Å². The zero-order chi connectivity index (χ0) is 19.4. The maximum atomic E-state index is 13.1. The van der Waals surface area contributed by atoms with Gasteiger partial charge in [-0.05, 0) is 61.2 Å². The molecule has 1 aliphatic heterocycles. The number of sulfonamides is 1. The third-order valence-electron chi connectivity index (χ3n) is 4.77. The number of hydrogen-bond donors (Lipinski definition) is 1. The van der Waals surface area contributed by atoms with Gasteiger partial charge in [-0.1, -0.05) is 19.1 Å². The van der Waals surface area contributed by atoms with Crippen LogP contribution in [0.5, 0.6) is 0 Å². The van der Waals surface area contributed by atoms with Crippen molar-refractivity contribution in [3.8, 4) is 0 Å². The van der Waals surface area contributed by atoms with Gasteiger partial charge in [0, 0.05) is 24.7 Å². The van der Waals surface area contributed by atoms with Crippen molar-refractivity contribution in [3.63, 3.8) is 0 Å². The van der Waals surface area contributed by atoms with E-state index < -0.39 is 10.0 Å². The molecular weight excluding hydrogens is 367 g/mol. The van der Waals surface area contributed by atoms with Crippen LogP contribution in [0.1, 0.15) is 31.7 Å². The molecule has 1 atom stereocenters. The van der Waals surface area contributed by atoms with E-state index in [1.165, 1.54) is 28.6 Å². The Bertz CT molecular complexity index is 896. The molecule has 2 aromatic carbocycles. The van der Waals surface area contributed by atoms with E-state index in [1.807, 2.05) is 0 Å². The lowest BCUT2D eigenvalue weighted by Gasteiger charge is -2.24. The number of halogens is 1. The van der Waals surface area contributed by atoms with Gasteiger partial charge in [0.15, 0.2) is 0 Å². The Labute approximate surface area is 159 Å².